The zero-order valence-electron chi connectivity index (χ0n) is 14.2. The van der Waals surface area contributed by atoms with Gasteiger partial charge in [-0.25, -0.2) is 0 Å². The lowest BCUT2D eigenvalue weighted by atomic mass is 9.83. The number of aryl methyl sites for hydroxylation is 1. The average Bonchev–Trinajstić information content (AvgIpc) is 2.57. The Kier molecular flexibility index (Phi) is 5.36. The molecule has 7 heteroatoms. The van der Waals surface area contributed by atoms with Crippen LogP contribution in [0.5, 0.6) is 0 Å². The lowest BCUT2D eigenvalue weighted by molar-refractivity contribution is 0.229. The number of nitrogens with one attached hydrogen (secondary N) is 1. The normalized spacial score (nSPS) is 22.2. The Labute approximate surface area is 148 Å². The average molecular weight is 361 g/mol. The SMILES string of the molecule is Cc1ccc(S(=O)(=O)O)cc1.c1cncc(N2C[C@@H]3CCNC[C@@H]32)c1. The van der Waals surface area contributed by atoms with E-state index in [1.165, 1.54) is 37.3 Å². The summed E-state index contributed by atoms with van der Waals surface area (Å²) < 4.78 is 29.6. The number of hydrogen-bond acceptors (Lipinski definition) is 5. The molecule has 0 aliphatic carbocycles. The highest BCUT2D eigenvalue weighted by Crippen LogP contribution is 2.33. The highest BCUT2D eigenvalue weighted by Gasteiger charge is 2.40. The number of piperidine rings is 1. The number of fused-ring (bicyclic) bond motifs is 1. The van der Waals surface area contributed by atoms with E-state index >= 15 is 0 Å². The summed E-state index contributed by atoms with van der Waals surface area (Å²) in [6.45, 7) is 5.40. The van der Waals surface area contributed by atoms with E-state index < -0.39 is 10.1 Å². The van der Waals surface area contributed by atoms with E-state index in [2.05, 4.69) is 21.3 Å². The van der Waals surface area contributed by atoms with Crippen molar-refractivity contribution in [1.29, 1.82) is 0 Å². The molecule has 2 aliphatic rings. The molecule has 2 saturated heterocycles. The predicted molar refractivity (Wildman–Crippen MR) is 97.3 cm³/mol. The Bertz CT molecular complexity index is 794. The van der Waals surface area contributed by atoms with Crippen molar-refractivity contribution in [3.05, 3.63) is 54.4 Å². The summed E-state index contributed by atoms with van der Waals surface area (Å²) >= 11 is 0. The summed E-state index contributed by atoms with van der Waals surface area (Å²) in [4.78, 5) is 6.56. The molecule has 2 N–H and O–H groups in total. The molecule has 2 aliphatic heterocycles. The first-order valence-corrected chi connectivity index (χ1v) is 9.81. The van der Waals surface area contributed by atoms with Gasteiger partial charge >= 0.3 is 0 Å². The van der Waals surface area contributed by atoms with Crippen molar-refractivity contribution in [2.45, 2.75) is 24.3 Å². The molecule has 0 radical (unpaired) electrons. The monoisotopic (exact) mass is 361 g/mol. The molecule has 0 spiro atoms. The van der Waals surface area contributed by atoms with Gasteiger partial charge in [0.25, 0.3) is 10.1 Å². The van der Waals surface area contributed by atoms with Crippen LogP contribution in [0.25, 0.3) is 0 Å². The lowest BCUT2D eigenvalue weighted by Crippen LogP contribution is -2.63. The quantitative estimate of drug-likeness (QED) is 0.798. The molecule has 134 valence electrons. The molecule has 0 amide bonds. The summed E-state index contributed by atoms with van der Waals surface area (Å²) in [7, 11) is -4.02. The van der Waals surface area contributed by atoms with Gasteiger partial charge in [0.2, 0.25) is 0 Å². The minimum absolute atomic E-state index is 0.0666. The number of anilines is 1. The molecule has 1 aromatic carbocycles. The minimum atomic E-state index is -4.02. The van der Waals surface area contributed by atoms with Crippen LogP contribution in [-0.2, 0) is 10.1 Å². The Morgan fingerprint density at radius 2 is 2.00 bits per heavy atom. The Hall–Kier alpha value is -1.96. The zero-order valence-corrected chi connectivity index (χ0v) is 15.0. The molecule has 2 fully saturated rings. The third kappa shape index (κ3) is 4.36. The van der Waals surface area contributed by atoms with E-state index in [1.54, 1.807) is 12.1 Å². The molecular weight excluding hydrogens is 338 g/mol. The van der Waals surface area contributed by atoms with Gasteiger partial charge in [-0.3, -0.25) is 9.54 Å². The maximum absolute atomic E-state index is 10.5. The predicted octanol–water partition coefficient (Wildman–Crippen LogP) is 2.12. The van der Waals surface area contributed by atoms with Gasteiger partial charge in [-0.15, -0.1) is 0 Å². The summed E-state index contributed by atoms with van der Waals surface area (Å²) in [6, 6.07) is 10.9. The second-order valence-electron chi connectivity index (χ2n) is 6.47. The first-order valence-electron chi connectivity index (χ1n) is 8.37. The Morgan fingerprint density at radius 1 is 1.24 bits per heavy atom. The van der Waals surface area contributed by atoms with Crippen molar-refractivity contribution in [3.63, 3.8) is 0 Å². The first-order chi connectivity index (χ1) is 11.9. The van der Waals surface area contributed by atoms with Gasteiger partial charge in [0.1, 0.15) is 0 Å². The molecular formula is C18H23N3O3S. The fraction of sp³-hybridized carbons (Fsp3) is 0.389. The van der Waals surface area contributed by atoms with Crippen molar-refractivity contribution >= 4 is 15.8 Å². The standard InChI is InChI=1S/C11H15N3.C7H8O3S/c1-2-10(6-12-4-1)14-8-9-3-5-13-7-11(9)14;1-6-2-4-7(5-3-6)11(8,9)10/h1-2,4,6,9,11,13H,3,5,7-8H2;2-5H,1H3,(H,8,9,10)/t9-,11-;/m0./s1. The third-order valence-corrected chi connectivity index (χ3v) is 5.59. The van der Waals surface area contributed by atoms with Crippen LogP contribution in [0.2, 0.25) is 0 Å². The van der Waals surface area contributed by atoms with Crippen molar-refractivity contribution < 1.29 is 13.0 Å². The van der Waals surface area contributed by atoms with Crippen LogP contribution in [-0.4, -0.2) is 43.6 Å². The molecule has 0 bridgehead atoms. The molecule has 6 nitrogen and oxygen atoms in total. The summed E-state index contributed by atoms with van der Waals surface area (Å²) in [5.41, 5.74) is 2.23. The molecule has 1 aromatic heterocycles. The van der Waals surface area contributed by atoms with Crippen LogP contribution < -0.4 is 10.2 Å². The van der Waals surface area contributed by atoms with Gasteiger partial charge in [-0.1, -0.05) is 17.7 Å². The van der Waals surface area contributed by atoms with Gasteiger partial charge in [0.05, 0.1) is 16.8 Å². The maximum atomic E-state index is 10.5. The van der Waals surface area contributed by atoms with Crippen LogP contribution in [0, 0.1) is 12.8 Å². The lowest BCUT2D eigenvalue weighted by Gasteiger charge is -2.52. The Balaban J connectivity index is 0.000000151. The van der Waals surface area contributed by atoms with Crippen LogP contribution in [0.3, 0.4) is 0 Å². The largest absolute Gasteiger partial charge is 0.365 e. The second kappa shape index (κ2) is 7.51. The number of hydrogen-bond donors (Lipinski definition) is 2. The van der Waals surface area contributed by atoms with E-state index in [9.17, 15) is 8.42 Å². The molecule has 4 rings (SSSR count). The van der Waals surface area contributed by atoms with Crippen molar-refractivity contribution in [1.82, 2.24) is 10.3 Å². The van der Waals surface area contributed by atoms with Gasteiger partial charge in [0.15, 0.2) is 0 Å². The number of aromatic nitrogens is 1. The van der Waals surface area contributed by atoms with Gasteiger partial charge in [0, 0.05) is 25.3 Å². The van der Waals surface area contributed by atoms with Crippen LogP contribution >= 0.6 is 0 Å². The maximum Gasteiger partial charge on any atom is 0.294 e. The van der Waals surface area contributed by atoms with Crippen LogP contribution in [0.15, 0.2) is 53.7 Å². The topological polar surface area (TPSA) is 82.5 Å². The number of pyridine rings is 1. The van der Waals surface area contributed by atoms with Gasteiger partial charge < -0.3 is 10.2 Å². The number of benzene rings is 1. The molecule has 3 heterocycles. The van der Waals surface area contributed by atoms with Gasteiger partial charge in [-0.2, -0.15) is 8.42 Å². The minimum Gasteiger partial charge on any atom is -0.365 e. The fourth-order valence-corrected chi connectivity index (χ4v) is 3.73. The Morgan fingerprint density at radius 3 is 2.60 bits per heavy atom. The zero-order chi connectivity index (χ0) is 17.9. The fourth-order valence-electron chi connectivity index (χ4n) is 3.25. The number of rotatable bonds is 2. The summed E-state index contributed by atoms with van der Waals surface area (Å²) in [5, 5.41) is 3.45. The van der Waals surface area contributed by atoms with Crippen LogP contribution in [0.4, 0.5) is 5.69 Å². The van der Waals surface area contributed by atoms with E-state index in [1.807, 2.05) is 25.4 Å². The molecule has 2 atom stereocenters. The molecule has 0 saturated carbocycles. The van der Waals surface area contributed by atoms with Crippen molar-refractivity contribution in [2.24, 2.45) is 5.92 Å². The second-order valence-corrected chi connectivity index (χ2v) is 7.89. The van der Waals surface area contributed by atoms with E-state index in [0.29, 0.717) is 6.04 Å². The first kappa shape index (κ1) is 17.8. The van der Waals surface area contributed by atoms with Crippen molar-refractivity contribution in [2.75, 3.05) is 24.5 Å². The summed E-state index contributed by atoms with van der Waals surface area (Å²) in [5.74, 6) is 0.913. The van der Waals surface area contributed by atoms with Crippen molar-refractivity contribution in [3.8, 4) is 0 Å². The van der Waals surface area contributed by atoms with Crippen LogP contribution in [0.1, 0.15) is 12.0 Å². The van der Waals surface area contributed by atoms with E-state index in [4.69, 9.17) is 4.55 Å². The molecule has 25 heavy (non-hydrogen) atoms. The van der Waals surface area contributed by atoms with E-state index in [0.717, 1.165) is 18.0 Å². The highest BCUT2D eigenvalue weighted by molar-refractivity contribution is 7.85. The molecule has 0 unspecified atom stereocenters. The van der Waals surface area contributed by atoms with Gasteiger partial charge in [-0.05, 0) is 50.1 Å². The smallest absolute Gasteiger partial charge is 0.294 e. The molecule has 2 aromatic rings. The highest BCUT2D eigenvalue weighted by atomic mass is 32.2. The third-order valence-electron chi connectivity index (χ3n) is 4.72. The summed E-state index contributed by atoms with van der Waals surface area (Å²) in [6.07, 6.45) is 5.13. The van der Waals surface area contributed by atoms with E-state index in [-0.39, 0.29) is 4.90 Å². The number of nitrogens with zero attached hydrogens (tertiary/aromatic N) is 2.